The largest absolute Gasteiger partial charge is 0.309 e. The Hall–Kier alpha value is -2.55. The average molecular weight is 459 g/mol. The highest BCUT2D eigenvalue weighted by molar-refractivity contribution is 6.08. The number of fused-ring (bicyclic) bond motifs is 1. The maximum Gasteiger partial charge on any atom is 0.228 e. The Balaban J connectivity index is 1.23. The van der Waals surface area contributed by atoms with Gasteiger partial charge in [0, 0.05) is 31.7 Å². The third kappa shape index (κ3) is 4.60. The van der Waals surface area contributed by atoms with Crippen molar-refractivity contribution in [1.29, 1.82) is 5.41 Å². The molecular formula is C24H32F2N6O. The van der Waals surface area contributed by atoms with Crippen LogP contribution in [0.4, 0.5) is 14.5 Å². The van der Waals surface area contributed by atoms with E-state index in [0.717, 1.165) is 43.6 Å². The highest BCUT2D eigenvalue weighted by Gasteiger charge is 2.37. The first kappa shape index (κ1) is 22.3. The van der Waals surface area contributed by atoms with Gasteiger partial charge in [-0.15, -0.1) is 0 Å². The molecule has 1 saturated carbocycles. The van der Waals surface area contributed by atoms with Crippen molar-refractivity contribution in [2.24, 2.45) is 11.8 Å². The fourth-order valence-electron chi connectivity index (χ4n) is 5.79. The fourth-order valence-corrected chi connectivity index (χ4v) is 5.79. The molecular weight excluding hydrogens is 426 g/mol. The Morgan fingerprint density at radius 2 is 1.97 bits per heavy atom. The number of pyridine rings is 1. The molecule has 3 fully saturated rings. The highest BCUT2D eigenvalue weighted by Crippen LogP contribution is 2.34. The Bertz CT molecular complexity index is 1030. The molecule has 2 aromatic heterocycles. The van der Waals surface area contributed by atoms with E-state index >= 15 is 0 Å². The summed E-state index contributed by atoms with van der Waals surface area (Å²) < 4.78 is 28.9. The van der Waals surface area contributed by atoms with Crippen LogP contribution in [-0.4, -0.2) is 64.4 Å². The Kier molecular flexibility index (Phi) is 6.07. The molecule has 5 rings (SSSR count). The molecule has 178 valence electrons. The number of anilines is 1. The van der Waals surface area contributed by atoms with Crippen LogP contribution in [0.2, 0.25) is 0 Å². The van der Waals surface area contributed by atoms with Crippen LogP contribution >= 0.6 is 0 Å². The summed E-state index contributed by atoms with van der Waals surface area (Å²) in [5.74, 6) is 0.656. The van der Waals surface area contributed by atoms with Crippen LogP contribution in [0.15, 0.2) is 24.5 Å². The number of carbonyl (C=O) groups excluding carboxylic acids is 1. The van der Waals surface area contributed by atoms with Gasteiger partial charge in [0.15, 0.2) is 0 Å². The molecule has 7 nitrogen and oxygen atoms in total. The normalized spacial score (nSPS) is 31.4. The standard InChI is InChI=1S/C24H32F2N6O/c1-15-8-16(2-5-30(15)14-18-10-19(25)20(26)11-18)9-17-3-7-32-21(12-17)22(13-28-32)31-6-4-23(33)29-24(31)27/h3,7,12-13,15-16,18-20H,2,4-6,8-11,14H2,1H3,(H2,27,29,33)/t15-,16+,18?,19-,20+/m0/s1. The quantitative estimate of drug-likeness (QED) is 0.721. The van der Waals surface area contributed by atoms with Gasteiger partial charge in [-0.25, -0.2) is 13.3 Å². The predicted molar refractivity (Wildman–Crippen MR) is 123 cm³/mol. The minimum absolute atomic E-state index is 0.0909. The molecule has 3 aliphatic rings. The van der Waals surface area contributed by atoms with Crippen LogP contribution in [0.1, 0.15) is 44.6 Å². The summed E-state index contributed by atoms with van der Waals surface area (Å²) in [6.45, 7) is 4.48. The number of nitrogens with one attached hydrogen (secondary N) is 2. The van der Waals surface area contributed by atoms with Gasteiger partial charge in [-0.2, -0.15) is 5.10 Å². The van der Waals surface area contributed by atoms with Gasteiger partial charge >= 0.3 is 0 Å². The van der Waals surface area contributed by atoms with Gasteiger partial charge in [-0.05, 0) is 75.1 Å². The van der Waals surface area contributed by atoms with E-state index in [-0.39, 0.29) is 17.8 Å². The summed E-state index contributed by atoms with van der Waals surface area (Å²) in [6.07, 6.45) is 5.34. The Morgan fingerprint density at radius 1 is 1.18 bits per heavy atom. The molecule has 1 unspecified atom stereocenters. The number of nitrogens with zero attached hydrogens (tertiary/aromatic N) is 4. The minimum atomic E-state index is -1.28. The lowest BCUT2D eigenvalue weighted by Crippen LogP contribution is -2.50. The maximum absolute atomic E-state index is 13.6. The molecule has 1 amide bonds. The second-order valence-corrected chi connectivity index (χ2v) is 10.0. The fraction of sp³-hybridized carbons (Fsp3) is 0.625. The maximum atomic E-state index is 13.6. The van der Waals surface area contributed by atoms with Crippen molar-refractivity contribution in [3.63, 3.8) is 0 Å². The van der Waals surface area contributed by atoms with Crippen molar-refractivity contribution in [2.75, 3.05) is 24.5 Å². The molecule has 2 aromatic rings. The van der Waals surface area contributed by atoms with Crippen LogP contribution in [0, 0.1) is 17.2 Å². The molecule has 2 saturated heterocycles. The molecule has 0 aromatic carbocycles. The van der Waals surface area contributed by atoms with E-state index in [4.69, 9.17) is 5.41 Å². The third-order valence-corrected chi connectivity index (χ3v) is 7.60. The number of aromatic nitrogens is 2. The third-order valence-electron chi connectivity index (χ3n) is 7.60. The van der Waals surface area contributed by atoms with Gasteiger partial charge in [-0.1, -0.05) is 0 Å². The van der Waals surface area contributed by atoms with Crippen LogP contribution in [-0.2, 0) is 11.2 Å². The van der Waals surface area contributed by atoms with Gasteiger partial charge in [0.05, 0.1) is 17.4 Å². The minimum Gasteiger partial charge on any atom is -0.309 e. The Morgan fingerprint density at radius 3 is 2.70 bits per heavy atom. The summed E-state index contributed by atoms with van der Waals surface area (Å²) in [5, 5.41) is 15.2. The number of halogens is 2. The number of amides is 1. The number of hydrogen-bond acceptors (Lipinski definition) is 4. The van der Waals surface area contributed by atoms with Gasteiger partial charge in [-0.3, -0.25) is 15.5 Å². The first-order valence-electron chi connectivity index (χ1n) is 12.0. The van der Waals surface area contributed by atoms with Crippen molar-refractivity contribution >= 4 is 23.1 Å². The second-order valence-electron chi connectivity index (χ2n) is 10.0. The van der Waals surface area contributed by atoms with Crippen molar-refractivity contribution in [1.82, 2.24) is 19.8 Å². The lowest BCUT2D eigenvalue weighted by Gasteiger charge is -2.39. The predicted octanol–water partition coefficient (Wildman–Crippen LogP) is 3.32. The lowest BCUT2D eigenvalue weighted by atomic mass is 9.86. The van der Waals surface area contributed by atoms with Crippen molar-refractivity contribution in [2.45, 2.75) is 63.8 Å². The molecule has 1 aliphatic carbocycles. The molecule has 0 spiro atoms. The number of piperidine rings is 1. The number of likely N-dealkylation sites (tertiary alicyclic amines) is 1. The van der Waals surface area contributed by atoms with Gasteiger partial charge in [0.2, 0.25) is 11.9 Å². The topological polar surface area (TPSA) is 76.7 Å². The highest BCUT2D eigenvalue weighted by atomic mass is 19.2. The van der Waals surface area contributed by atoms with Crippen LogP contribution in [0.5, 0.6) is 0 Å². The number of alkyl halides is 2. The Labute approximate surface area is 192 Å². The van der Waals surface area contributed by atoms with E-state index in [2.05, 4.69) is 34.4 Å². The number of rotatable bonds is 5. The van der Waals surface area contributed by atoms with E-state index < -0.39 is 12.3 Å². The van der Waals surface area contributed by atoms with Crippen molar-refractivity contribution < 1.29 is 13.6 Å². The van der Waals surface area contributed by atoms with Gasteiger partial charge < -0.3 is 9.80 Å². The van der Waals surface area contributed by atoms with Crippen LogP contribution < -0.4 is 10.2 Å². The van der Waals surface area contributed by atoms with Gasteiger partial charge in [0.25, 0.3) is 0 Å². The summed E-state index contributed by atoms with van der Waals surface area (Å²) in [7, 11) is 0. The van der Waals surface area contributed by atoms with E-state index in [1.165, 1.54) is 5.56 Å². The monoisotopic (exact) mass is 458 g/mol. The van der Waals surface area contributed by atoms with Crippen molar-refractivity contribution in [3.8, 4) is 0 Å². The van der Waals surface area contributed by atoms with E-state index in [0.29, 0.717) is 37.8 Å². The average Bonchev–Trinajstić information content (AvgIpc) is 3.32. The zero-order valence-electron chi connectivity index (χ0n) is 19.0. The first-order chi connectivity index (χ1) is 15.9. The zero-order valence-corrected chi connectivity index (χ0v) is 19.0. The second kappa shape index (κ2) is 9.00. The first-order valence-corrected chi connectivity index (χ1v) is 12.0. The molecule has 2 aliphatic heterocycles. The molecule has 4 heterocycles. The van der Waals surface area contributed by atoms with Crippen LogP contribution in [0.3, 0.4) is 0 Å². The SMILES string of the molecule is C[C@H]1C[C@H](Cc2ccn3ncc(N4CCC(=O)NC4=N)c3c2)CCN1CC1C[C@@H](F)[C@@H](F)C1. The summed E-state index contributed by atoms with van der Waals surface area (Å²) >= 11 is 0. The molecule has 9 heteroatoms. The molecule has 33 heavy (non-hydrogen) atoms. The van der Waals surface area contributed by atoms with Crippen LogP contribution in [0.25, 0.3) is 5.52 Å². The lowest BCUT2D eigenvalue weighted by molar-refractivity contribution is -0.119. The van der Waals surface area contributed by atoms with E-state index in [1.807, 2.05) is 10.7 Å². The smallest absolute Gasteiger partial charge is 0.228 e. The van der Waals surface area contributed by atoms with E-state index in [1.54, 1.807) is 11.1 Å². The summed E-state index contributed by atoms with van der Waals surface area (Å²) in [6, 6.07) is 4.66. The van der Waals surface area contributed by atoms with Gasteiger partial charge in [0.1, 0.15) is 12.3 Å². The summed E-state index contributed by atoms with van der Waals surface area (Å²) in [5.41, 5.74) is 3.00. The molecule has 5 atom stereocenters. The number of hydrogen-bond donors (Lipinski definition) is 2. The summed E-state index contributed by atoms with van der Waals surface area (Å²) in [4.78, 5) is 15.8. The van der Waals surface area contributed by atoms with E-state index in [9.17, 15) is 13.6 Å². The molecule has 0 bridgehead atoms. The van der Waals surface area contributed by atoms with Crippen molar-refractivity contribution in [3.05, 3.63) is 30.1 Å². The number of carbonyl (C=O) groups is 1. The molecule has 2 N–H and O–H groups in total. The zero-order chi connectivity index (χ0) is 23.1. The number of guanidine groups is 1. The molecule has 0 radical (unpaired) electrons.